The Morgan fingerprint density at radius 2 is 2.47 bits per heavy atom. The highest BCUT2D eigenvalue weighted by Crippen LogP contribution is 2.17. The lowest BCUT2D eigenvalue weighted by Gasteiger charge is -2.12. The average Bonchev–Trinajstić information content (AvgIpc) is 2.87. The van der Waals surface area contributed by atoms with Crippen molar-refractivity contribution >= 4 is 5.95 Å². The number of hydrogen-bond acceptors (Lipinski definition) is 3. The van der Waals surface area contributed by atoms with Crippen molar-refractivity contribution in [3.63, 3.8) is 0 Å². The molecule has 1 unspecified atom stereocenters. The molecule has 0 spiro atoms. The monoisotopic (exact) mass is 205 g/mol. The first-order valence-electron chi connectivity index (χ1n) is 5.12. The van der Waals surface area contributed by atoms with Crippen LogP contribution in [0, 0.1) is 0 Å². The maximum absolute atomic E-state index is 5.32. The van der Waals surface area contributed by atoms with Crippen LogP contribution >= 0.6 is 0 Å². The van der Waals surface area contributed by atoms with E-state index in [0.29, 0.717) is 0 Å². The summed E-state index contributed by atoms with van der Waals surface area (Å²) in [6.45, 7) is 5.05. The predicted molar refractivity (Wildman–Crippen MR) is 58.6 cm³/mol. The van der Waals surface area contributed by atoms with Gasteiger partial charge in [0.25, 0.3) is 0 Å². The van der Waals surface area contributed by atoms with Crippen LogP contribution in [0.4, 0.5) is 5.95 Å². The molecule has 0 aliphatic carbocycles. The number of nitrogens with one attached hydrogen (secondary N) is 1. The van der Waals surface area contributed by atoms with E-state index in [1.54, 1.807) is 12.5 Å². The highest BCUT2D eigenvalue weighted by molar-refractivity contribution is 5.29. The molecule has 0 aliphatic heterocycles. The molecule has 0 amide bonds. The van der Waals surface area contributed by atoms with Crippen LogP contribution in [-0.4, -0.2) is 9.55 Å². The van der Waals surface area contributed by atoms with Gasteiger partial charge in [0.2, 0.25) is 5.95 Å². The fourth-order valence-corrected chi connectivity index (χ4v) is 1.51. The first kappa shape index (κ1) is 9.83. The molecule has 0 saturated carbocycles. The molecule has 0 bridgehead atoms. The summed E-state index contributed by atoms with van der Waals surface area (Å²) >= 11 is 0. The van der Waals surface area contributed by atoms with Crippen molar-refractivity contribution in [2.45, 2.75) is 26.4 Å². The Kier molecular flexibility index (Phi) is 2.76. The summed E-state index contributed by atoms with van der Waals surface area (Å²) < 4.78 is 7.37. The Labute approximate surface area is 88.9 Å². The quantitative estimate of drug-likeness (QED) is 0.834. The van der Waals surface area contributed by atoms with Crippen molar-refractivity contribution in [1.29, 1.82) is 0 Å². The molecule has 0 aliphatic rings. The van der Waals surface area contributed by atoms with Crippen molar-refractivity contribution < 1.29 is 4.42 Å². The van der Waals surface area contributed by atoms with E-state index in [-0.39, 0.29) is 6.04 Å². The van der Waals surface area contributed by atoms with Gasteiger partial charge in [-0.15, -0.1) is 0 Å². The predicted octanol–water partition coefficient (Wildman–Crippen LogP) is 2.67. The van der Waals surface area contributed by atoms with Gasteiger partial charge in [0.1, 0.15) is 5.76 Å². The van der Waals surface area contributed by atoms with Gasteiger partial charge >= 0.3 is 0 Å². The number of anilines is 1. The summed E-state index contributed by atoms with van der Waals surface area (Å²) in [6.07, 6.45) is 5.43. The van der Waals surface area contributed by atoms with Gasteiger partial charge in [-0.1, -0.05) is 0 Å². The van der Waals surface area contributed by atoms with Crippen LogP contribution in [0.25, 0.3) is 0 Å². The number of nitrogens with zero attached hydrogens (tertiary/aromatic N) is 2. The molecule has 2 heterocycles. The SMILES string of the molecule is CCn1ccnc1NC(C)c1ccco1. The molecule has 1 N–H and O–H groups in total. The summed E-state index contributed by atoms with van der Waals surface area (Å²) in [5.74, 6) is 1.79. The number of aromatic nitrogens is 2. The third-order valence-corrected chi connectivity index (χ3v) is 2.37. The summed E-state index contributed by atoms with van der Waals surface area (Å²) in [5.41, 5.74) is 0. The second-order valence-corrected chi connectivity index (χ2v) is 3.42. The summed E-state index contributed by atoms with van der Waals surface area (Å²) in [6, 6.07) is 3.98. The molecular formula is C11H15N3O. The fourth-order valence-electron chi connectivity index (χ4n) is 1.51. The molecule has 0 saturated heterocycles. The van der Waals surface area contributed by atoms with Crippen molar-refractivity contribution in [3.05, 3.63) is 36.5 Å². The van der Waals surface area contributed by atoms with E-state index in [1.807, 2.05) is 25.3 Å². The third-order valence-electron chi connectivity index (χ3n) is 2.37. The summed E-state index contributed by atoms with van der Waals surface area (Å²) in [5, 5.41) is 3.30. The lowest BCUT2D eigenvalue weighted by Crippen LogP contribution is -2.10. The van der Waals surface area contributed by atoms with Crippen LogP contribution in [0.2, 0.25) is 0 Å². The zero-order valence-electron chi connectivity index (χ0n) is 8.97. The minimum absolute atomic E-state index is 0.132. The average molecular weight is 205 g/mol. The van der Waals surface area contributed by atoms with Gasteiger partial charge in [0.05, 0.1) is 12.3 Å². The first-order chi connectivity index (χ1) is 7.31. The fraction of sp³-hybridized carbons (Fsp3) is 0.364. The topological polar surface area (TPSA) is 43.0 Å². The van der Waals surface area contributed by atoms with E-state index in [2.05, 4.69) is 21.8 Å². The molecule has 1 atom stereocenters. The molecule has 4 heteroatoms. The zero-order valence-corrected chi connectivity index (χ0v) is 8.97. The van der Waals surface area contributed by atoms with Crippen molar-refractivity contribution in [2.24, 2.45) is 0 Å². The van der Waals surface area contributed by atoms with E-state index in [1.165, 1.54) is 0 Å². The maximum Gasteiger partial charge on any atom is 0.203 e. The van der Waals surface area contributed by atoms with Gasteiger partial charge in [0.15, 0.2) is 0 Å². The van der Waals surface area contributed by atoms with Crippen LogP contribution in [-0.2, 0) is 6.54 Å². The minimum atomic E-state index is 0.132. The van der Waals surface area contributed by atoms with Crippen LogP contribution in [0.1, 0.15) is 25.6 Å². The zero-order chi connectivity index (χ0) is 10.7. The number of imidazole rings is 1. The van der Waals surface area contributed by atoms with E-state index < -0.39 is 0 Å². The standard InChI is InChI=1S/C11H15N3O/c1-3-14-7-6-12-11(14)13-9(2)10-5-4-8-15-10/h4-9H,3H2,1-2H3,(H,12,13). The number of furan rings is 1. The second kappa shape index (κ2) is 4.21. The van der Waals surface area contributed by atoms with Crippen molar-refractivity contribution in [1.82, 2.24) is 9.55 Å². The normalized spacial score (nSPS) is 12.7. The number of rotatable bonds is 4. The van der Waals surface area contributed by atoms with Gasteiger partial charge in [-0.25, -0.2) is 4.98 Å². The molecule has 2 aromatic rings. The molecule has 2 aromatic heterocycles. The lowest BCUT2D eigenvalue weighted by molar-refractivity contribution is 0.488. The molecule has 2 rings (SSSR count). The van der Waals surface area contributed by atoms with Crippen molar-refractivity contribution in [2.75, 3.05) is 5.32 Å². The number of hydrogen-bond donors (Lipinski definition) is 1. The molecular weight excluding hydrogens is 190 g/mol. The largest absolute Gasteiger partial charge is 0.467 e. The molecule has 0 fully saturated rings. The van der Waals surface area contributed by atoms with Gasteiger partial charge in [-0.2, -0.15) is 0 Å². The number of aryl methyl sites for hydroxylation is 1. The van der Waals surface area contributed by atoms with Crippen LogP contribution < -0.4 is 5.32 Å². The van der Waals surface area contributed by atoms with Crippen molar-refractivity contribution in [3.8, 4) is 0 Å². The van der Waals surface area contributed by atoms with E-state index in [4.69, 9.17) is 4.42 Å². The van der Waals surface area contributed by atoms with Crippen LogP contribution in [0.15, 0.2) is 35.2 Å². The lowest BCUT2D eigenvalue weighted by atomic mass is 10.2. The highest BCUT2D eigenvalue weighted by atomic mass is 16.3. The molecule has 80 valence electrons. The molecule has 15 heavy (non-hydrogen) atoms. The Morgan fingerprint density at radius 3 is 3.13 bits per heavy atom. The van der Waals surface area contributed by atoms with Gasteiger partial charge in [0, 0.05) is 18.9 Å². The third kappa shape index (κ3) is 2.03. The second-order valence-electron chi connectivity index (χ2n) is 3.42. The summed E-state index contributed by atoms with van der Waals surface area (Å²) in [4.78, 5) is 4.25. The van der Waals surface area contributed by atoms with Gasteiger partial charge in [-0.3, -0.25) is 0 Å². The van der Waals surface area contributed by atoms with Gasteiger partial charge < -0.3 is 14.3 Å². The minimum Gasteiger partial charge on any atom is -0.467 e. The molecule has 0 radical (unpaired) electrons. The Balaban J connectivity index is 2.09. The highest BCUT2D eigenvalue weighted by Gasteiger charge is 2.10. The first-order valence-corrected chi connectivity index (χ1v) is 5.12. The van der Waals surface area contributed by atoms with Crippen LogP contribution in [0.3, 0.4) is 0 Å². The Bertz CT molecular complexity index is 405. The molecule has 4 nitrogen and oxygen atoms in total. The maximum atomic E-state index is 5.32. The summed E-state index contributed by atoms with van der Waals surface area (Å²) in [7, 11) is 0. The van der Waals surface area contributed by atoms with E-state index >= 15 is 0 Å². The smallest absolute Gasteiger partial charge is 0.203 e. The van der Waals surface area contributed by atoms with E-state index in [9.17, 15) is 0 Å². The Morgan fingerprint density at radius 1 is 1.60 bits per heavy atom. The Hall–Kier alpha value is -1.71. The van der Waals surface area contributed by atoms with Crippen LogP contribution in [0.5, 0.6) is 0 Å². The molecule has 0 aromatic carbocycles. The van der Waals surface area contributed by atoms with Gasteiger partial charge in [-0.05, 0) is 26.0 Å². The van der Waals surface area contributed by atoms with E-state index in [0.717, 1.165) is 18.3 Å².